The highest BCUT2D eigenvalue weighted by Gasteiger charge is 2.21. The number of benzene rings is 3. The van der Waals surface area contributed by atoms with Gasteiger partial charge in [-0.3, -0.25) is 14.9 Å². The maximum atomic E-state index is 12.8. The van der Waals surface area contributed by atoms with E-state index in [9.17, 15) is 19.7 Å². The number of rotatable bonds is 12. The Bertz CT molecular complexity index is 1260. The number of ether oxygens (including phenoxy) is 3. The number of carbonyl (C=O) groups is 2. The molecule has 11 nitrogen and oxygen atoms in total. The number of nitro groups is 1. The van der Waals surface area contributed by atoms with Crippen LogP contribution in [0.1, 0.15) is 23.6 Å². The predicted octanol–water partition coefficient (Wildman–Crippen LogP) is 3.99. The SMILES string of the molecule is CCOC(=O)N[C@@H](Cc1ccccc1)C(=O)N/N=C\c1ccc(OCc2ccc([N+](=O)[O-])cc2)c(OC)c1. The van der Waals surface area contributed by atoms with E-state index in [4.69, 9.17) is 14.2 Å². The van der Waals surface area contributed by atoms with Crippen LogP contribution in [0.5, 0.6) is 11.5 Å². The average Bonchev–Trinajstić information content (AvgIpc) is 2.92. The molecule has 0 fully saturated rings. The van der Waals surface area contributed by atoms with Crippen LogP contribution in [0.2, 0.25) is 0 Å². The summed E-state index contributed by atoms with van der Waals surface area (Å²) in [6, 6.07) is 19.5. The van der Waals surface area contributed by atoms with Crippen LogP contribution in [0.25, 0.3) is 0 Å². The van der Waals surface area contributed by atoms with Gasteiger partial charge in [0.25, 0.3) is 11.6 Å². The van der Waals surface area contributed by atoms with E-state index < -0.39 is 23.0 Å². The Morgan fingerprint density at radius 2 is 1.76 bits per heavy atom. The zero-order valence-electron chi connectivity index (χ0n) is 21.0. The van der Waals surface area contributed by atoms with E-state index in [0.717, 1.165) is 11.1 Å². The third kappa shape index (κ3) is 8.33. The molecule has 2 amide bonds. The summed E-state index contributed by atoms with van der Waals surface area (Å²) in [6.45, 7) is 2.05. The molecule has 3 rings (SSSR count). The number of nitrogens with zero attached hydrogens (tertiary/aromatic N) is 2. The number of alkyl carbamates (subject to hydrolysis) is 1. The van der Waals surface area contributed by atoms with Gasteiger partial charge in [-0.1, -0.05) is 30.3 Å². The molecule has 198 valence electrons. The second-order valence-electron chi connectivity index (χ2n) is 7.96. The fraction of sp³-hybridized carbons (Fsp3) is 0.222. The van der Waals surface area contributed by atoms with Crippen LogP contribution in [0, 0.1) is 10.1 Å². The summed E-state index contributed by atoms with van der Waals surface area (Å²) < 4.78 is 16.1. The van der Waals surface area contributed by atoms with Crippen molar-refractivity contribution in [1.82, 2.24) is 10.7 Å². The van der Waals surface area contributed by atoms with Gasteiger partial charge in [-0.05, 0) is 53.9 Å². The Morgan fingerprint density at radius 3 is 2.42 bits per heavy atom. The summed E-state index contributed by atoms with van der Waals surface area (Å²) in [7, 11) is 1.49. The number of methoxy groups -OCH3 is 1. The minimum absolute atomic E-state index is 0.00474. The molecular weight excluding hydrogens is 492 g/mol. The Kier molecular flexibility index (Phi) is 10.2. The first-order valence-corrected chi connectivity index (χ1v) is 11.7. The Balaban J connectivity index is 1.62. The molecule has 0 aliphatic rings. The molecule has 11 heteroatoms. The minimum Gasteiger partial charge on any atom is -0.493 e. The molecule has 0 heterocycles. The van der Waals surface area contributed by atoms with Gasteiger partial charge >= 0.3 is 6.09 Å². The topological polar surface area (TPSA) is 141 Å². The van der Waals surface area contributed by atoms with Crippen molar-refractivity contribution in [2.24, 2.45) is 5.10 Å². The summed E-state index contributed by atoms with van der Waals surface area (Å²) >= 11 is 0. The predicted molar refractivity (Wildman–Crippen MR) is 140 cm³/mol. The highest BCUT2D eigenvalue weighted by molar-refractivity contribution is 5.87. The third-order valence-corrected chi connectivity index (χ3v) is 5.28. The van der Waals surface area contributed by atoms with Crippen molar-refractivity contribution < 1.29 is 28.7 Å². The Hall–Kier alpha value is -4.93. The largest absolute Gasteiger partial charge is 0.493 e. The number of hydrogen-bond acceptors (Lipinski definition) is 8. The molecule has 3 aromatic carbocycles. The number of amides is 2. The van der Waals surface area contributed by atoms with Crippen LogP contribution >= 0.6 is 0 Å². The average molecular weight is 521 g/mol. The van der Waals surface area contributed by atoms with Crippen molar-refractivity contribution in [2.45, 2.75) is 26.0 Å². The lowest BCUT2D eigenvalue weighted by atomic mass is 10.1. The van der Waals surface area contributed by atoms with Crippen molar-refractivity contribution in [3.05, 3.63) is 99.6 Å². The van der Waals surface area contributed by atoms with Gasteiger partial charge in [-0.25, -0.2) is 10.2 Å². The van der Waals surface area contributed by atoms with E-state index in [1.54, 1.807) is 37.3 Å². The molecule has 38 heavy (non-hydrogen) atoms. The molecule has 1 atom stereocenters. The third-order valence-electron chi connectivity index (χ3n) is 5.28. The zero-order chi connectivity index (χ0) is 27.3. The zero-order valence-corrected chi connectivity index (χ0v) is 21.0. The molecule has 0 saturated carbocycles. The normalized spacial score (nSPS) is 11.4. The highest BCUT2D eigenvalue weighted by Crippen LogP contribution is 2.28. The molecule has 0 bridgehead atoms. The van der Waals surface area contributed by atoms with E-state index in [-0.39, 0.29) is 25.3 Å². The minimum atomic E-state index is -0.890. The fourth-order valence-corrected chi connectivity index (χ4v) is 3.38. The van der Waals surface area contributed by atoms with E-state index in [0.29, 0.717) is 17.1 Å². The summed E-state index contributed by atoms with van der Waals surface area (Å²) in [5, 5.41) is 17.4. The van der Waals surface area contributed by atoms with Gasteiger partial charge < -0.3 is 19.5 Å². The maximum absolute atomic E-state index is 12.8. The quantitative estimate of drug-likeness (QED) is 0.209. The van der Waals surface area contributed by atoms with Gasteiger partial charge in [0.15, 0.2) is 11.5 Å². The van der Waals surface area contributed by atoms with E-state index in [2.05, 4.69) is 15.8 Å². The van der Waals surface area contributed by atoms with Gasteiger partial charge in [0.05, 0.1) is 24.9 Å². The van der Waals surface area contributed by atoms with E-state index in [1.807, 2.05) is 30.3 Å². The van der Waals surface area contributed by atoms with Crippen molar-refractivity contribution in [1.29, 1.82) is 0 Å². The molecule has 0 saturated heterocycles. The molecule has 0 spiro atoms. The number of nitrogens with one attached hydrogen (secondary N) is 2. The van der Waals surface area contributed by atoms with Gasteiger partial charge in [0.1, 0.15) is 12.6 Å². The molecule has 3 aromatic rings. The monoisotopic (exact) mass is 520 g/mol. The molecular formula is C27H28N4O7. The standard InChI is InChI=1S/C27H28N4O7/c1-3-37-27(33)29-23(15-19-7-5-4-6-8-19)26(32)30-28-17-21-11-14-24(25(16-21)36-2)38-18-20-9-12-22(13-10-20)31(34)35/h4-14,16-17,23H,3,15,18H2,1-2H3,(H,29,33)(H,30,32)/b28-17-/t23-/m0/s1. The van der Waals surface area contributed by atoms with Crippen LogP contribution < -0.4 is 20.2 Å². The second kappa shape index (κ2) is 14.0. The summed E-state index contributed by atoms with van der Waals surface area (Å²) in [5.74, 6) is 0.398. The van der Waals surface area contributed by atoms with Crippen LogP contribution in [0.15, 0.2) is 77.9 Å². The molecule has 0 radical (unpaired) electrons. The van der Waals surface area contributed by atoms with Crippen molar-refractivity contribution in [3.8, 4) is 11.5 Å². The number of carbonyl (C=O) groups excluding carboxylic acids is 2. The van der Waals surface area contributed by atoms with Gasteiger partial charge in [0, 0.05) is 18.6 Å². The lowest BCUT2D eigenvalue weighted by molar-refractivity contribution is -0.384. The van der Waals surface area contributed by atoms with Crippen LogP contribution in [-0.2, 0) is 22.6 Å². The van der Waals surface area contributed by atoms with Crippen LogP contribution in [0.3, 0.4) is 0 Å². The smallest absolute Gasteiger partial charge is 0.407 e. The first kappa shape index (κ1) is 27.7. The summed E-state index contributed by atoms with van der Waals surface area (Å²) in [6.07, 6.45) is 1.00. The molecule has 0 aromatic heterocycles. The van der Waals surface area contributed by atoms with E-state index in [1.165, 1.54) is 25.5 Å². The second-order valence-corrected chi connectivity index (χ2v) is 7.96. The Morgan fingerprint density at radius 1 is 1.03 bits per heavy atom. The summed E-state index contributed by atoms with van der Waals surface area (Å²) in [4.78, 5) is 35.0. The number of nitro benzene ring substituents is 1. The van der Waals surface area contributed by atoms with Gasteiger partial charge in [-0.15, -0.1) is 0 Å². The highest BCUT2D eigenvalue weighted by atomic mass is 16.6. The maximum Gasteiger partial charge on any atom is 0.407 e. The molecule has 0 aliphatic heterocycles. The van der Waals surface area contributed by atoms with Gasteiger partial charge in [-0.2, -0.15) is 5.10 Å². The first-order chi connectivity index (χ1) is 18.4. The van der Waals surface area contributed by atoms with Crippen molar-refractivity contribution >= 4 is 23.9 Å². The molecule has 0 aliphatic carbocycles. The number of non-ortho nitro benzene ring substituents is 1. The fourth-order valence-electron chi connectivity index (χ4n) is 3.38. The molecule has 0 unspecified atom stereocenters. The lowest BCUT2D eigenvalue weighted by Crippen LogP contribution is -2.47. The van der Waals surface area contributed by atoms with Gasteiger partial charge in [0.2, 0.25) is 0 Å². The Labute approximate surface area is 219 Å². The first-order valence-electron chi connectivity index (χ1n) is 11.7. The molecule has 2 N–H and O–H groups in total. The number of hydrazone groups is 1. The number of hydrogen-bond donors (Lipinski definition) is 2. The van der Waals surface area contributed by atoms with Crippen molar-refractivity contribution in [2.75, 3.05) is 13.7 Å². The summed E-state index contributed by atoms with van der Waals surface area (Å²) in [5.41, 5.74) is 4.70. The van der Waals surface area contributed by atoms with Crippen molar-refractivity contribution in [3.63, 3.8) is 0 Å². The lowest BCUT2D eigenvalue weighted by Gasteiger charge is -2.16. The van der Waals surface area contributed by atoms with Crippen LogP contribution in [0.4, 0.5) is 10.5 Å². The van der Waals surface area contributed by atoms with E-state index >= 15 is 0 Å². The van der Waals surface area contributed by atoms with Crippen LogP contribution in [-0.4, -0.2) is 42.9 Å².